The van der Waals surface area contributed by atoms with Crippen LogP contribution < -0.4 is 0 Å². The van der Waals surface area contributed by atoms with Crippen molar-refractivity contribution in [1.82, 2.24) is 9.88 Å². The highest BCUT2D eigenvalue weighted by molar-refractivity contribution is 14.1. The second-order valence-electron chi connectivity index (χ2n) is 7.48. The van der Waals surface area contributed by atoms with Crippen LogP contribution in [0.3, 0.4) is 0 Å². The molecular formula is C23H27IN2. The molecule has 2 aromatic carbocycles. The molecule has 1 N–H and O–H groups in total. The van der Waals surface area contributed by atoms with Gasteiger partial charge in [0.1, 0.15) is 0 Å². The number of unbranched alkanes of at least 4 members (excludes halogenated alkanes) is 1. The topological polar surface area (TPSA) is 19.0 Å². The first-order chi connectivity index (χ1) is 12.8. The van der Waals surface area contributed by atoms with Gasteiger partial charge >= 0.3 is 0 Å². The van der Waals surface area contributed by atoms with Crippen LogP contribution in [-0.2, 0) is 6.42 Å². The van der Waals surface area contributed by atoms with E-state index in [0.717, 1.165) is 5.92 Å². The van der Waals surface area contributed by atoms with Crippen molar-refractivity contribution in [2.75, 3.05) is 19.6 Å². The number of nitrogens with one attached hydrogen (secondary N) is 1. The van der Waals surface area contributed by atoms with Crippen LogP contribution in [0.15, 0.2) is 54.7 Å². The van der Waals surface area contributed by atoms with Crippen molar-refractivity contribution >= 4 is 33.5 Å². The minimum atomic E-state index is 0.759. The number of aromatic nitrogens is 1. The van der Waals surface area contributed by atoms with E-state index in [4.69, 9.17) is 0 Å². The van der Waals surface area contributed by atoms with Gasteiger partial charge in [-0.3, -0.25) is 0 Å². The molecule has 0 atom stereocenters. The van der Waals surface area contributed by atoms with Gasteiger partial charge in [0.15, 0.2) is 0 Å². The molecule has 0 radical (unpaired) electrons. The molecule has 0 saturated carbocycles. The second kappa shape index (κ2) is 8.57. The number of H-pyrrole nitrogens is 1. The summed E-state index contributed by atoms with van der Waals surface area (Å²) in [6.07, 6.45) is 8.57. The van der Waals surface area contributed by atoms with Gasteiger partial charge in [-0.05, 0) is 110 Å². The average Bonchev–Trinajstić information content (AvgIpc) is 3.10. The van der Waals surface area contributed by atoms with Gasteiger partial charge in [0.05, 0.1) is 0 Å². The number of hydrogen-bond acceptors (Lipinski definition) is 1. The van der Waals surface area contributed by atoms with Gasteiger partial charge in [0, 0.05) is 20.7 Å². The summed E-state index contributed by atoms with van der Waals surface area (Å²) in [6.45, 7) is 3.76. The standard InChI is InChI=1S/C23H27IN2/c24-21-10-8-18(9-11-21)19-12-15-26(16-13-19)14-4-3-5-20-17-25-23-7-2-1-6-22(20)23/h1-2,6-11,17,19,25H,3-5,12-16H2. The molecule has 2 nitrogen and oxygen atoms in total. The molecule has 0 aliphatic carbocycles. The highest BCUT2D eigenvalue weighted by Gasteiger charge is 2.20. The van der Waals surface area contributed by atoms with E-state index in [-0.39, 0.29) is 0 Å². The summed E-state index contributed by atoms with van der Waals surface area (Å²) >= 11 is 2.39. The van der Waals surface area contributed by atoms with Gasteiger partial charge in [0.25, 0.3) is 0 Å². The van der Waals surface area contributed by atoms with Crippen molar-refractivity contribution in [2.45, 2.75) is 38.0 Å². The van der Waals surface area contributed by atoms with Crippen molar-refractivity contribution in [3.63, 3.8) is 0 Å². The summed E-state index contributed by atoms with van der Waals surface area (Å²) < 4.78 is 1.33. The number of likely N-dealkylation sites (tertiary alicyclic amines) is 1. The molecule has 136 valence electrons. The van der Waals surface area contributed by atoms with Crippen molar-refractivity contribution in [2.24, 2.45) is 0 Å². The summed E-state index contributed by atoms with van der Waals surface area (Å²) in [5.41, 5.74) is 4.27. The van der Waals surface area contributed by atoms with Crippen molar-refractivity contribution in [3.05, 3.63) is 69.4 Å². The van der Waals surface area contributed by atoms with Crippen LogP contribution in [-0.4, -0.2) is 29.5 Å². The van der Waals surface area contributed by atoms with E-state index in [1.165, 1.54) is 77.3 Å². The molecule has 1 saturated heterocycles. The monoisotopic (exact) mass is 458 g/mol. The summed E-state index contributed by atoms with van der Waals surface area (Å²) in [5.74, 6) is 0.759. The number of hydrogen-bond donors (Lipinski definition) is 1. The quantitative estimate of drug-likeness (QED) is 0.356. The molecule has 1 aliphatic rings. The molecule has 1 fully saturated rings. The van der Waals surface area contributed by atoms with E-state index in [2.05, 4.69) is 87.2 Å². The highest BCUT2D eigenvalue weighted by Crippen LogP contribution is 2.28. The molecule has 1 aliphatic heterocycles. The predicted molar refractivity (Wildman–Crippen MR) is 119 cm³/mol. The van der Waals surface area contributed by atoms with Gasteiger partial charge in [-0.1, -0.05) is 30.3 Å². The Hall–Kier alpha value is -1.33. The molecule has 0 spiro atoms. The maximum absolute atomic E-state index is 3.39. The van der Waals surface area contributed by atoms with Gasteiger partial charge in [-0.15, -0.1) is 0 Å². The highest BCUT2D eigenvalue weighted by atomic mass is 127. The Balaban J connectivity index is 1.20. The van der Waals surface area contributed by atoms with Crippen LogP contribution in [0.2, 0.25) is 0 Å². The van der Waals surface area contributed by atoms with E-state index in [9.17, 15) is 0 Å². The Morgan fingerprint density at radius 2 is 1.73 bits per heavy atom. The van der Waals surface area contributed by atoms with Crippen molar-refractivity contribution in [3.8, 4) is 0 Å². The number of halogens is 1. The summed E-state index contributed by atoms with van der Waals surface area (Å²) in [4.78, 5) is 6.06. The first kappa shape index (κ1) is 18.1. The van der Waals surface area contributed by atoms with Crippen molar-refractivity contribution in [1.29, 1.82) is 0 Å². The molecule has 0 amide bonds. The molecular weight excluding hydrogens is 431 g/mol. The summed E-state index contributed by atoms with van der Waals surface area (Å²) in [5, 5.41) is 1.39. The van der Waals surface area contributed by atoms with E-state index in [1.54, 1.807) is 0 Å². The smallest absolute Gasteiger partial charge is 0.0456 e. The zero-order chi connectivity index (χ0) is 17.8. The number of rotatable bonds is 6. The normalized spacial score (nSPS) is 16.3. The lowest BCUT2D eigenvalue weighted by molar-refractivity contribution is 0.209. The van der Waals surface area contributed by atoms with Gasteiger partial charge in [0.2, 0.25) is 0 Å². The predicted octanol–water partition coefficient (Wildman–Crippen LogP) is 5.97. The Morgan fingerprint density at radius 1 is 0.962 bits per heavy atom. The number of aromatic amines is 1. The maximum atomic E-state index is 3.39. The molecule has 2 heterocycles. The lowest BCUT2D eigenvalue weighted by atomic mass is 9.89. The minimum Gasteiger partial charge on any atom is -0.361 e. The number of para-hydroxylation sites is 1. The fraction of sp³-hybridized carbons (Fsp3) is 0.391. The van der Waals surface area contributed by atoms with E-state index < -0.39 is 0 Å². The molecule has 3 aromatic rings. The third kappa shape index (κ3) is 4.32. The van der Waals surface area contributed by atoms with Crippen molar-refractivity contribution < 1.29 is 0 Å². The third-order valence-corrected chi connectivity index (χ3v) is 6.49. The third-order valence-electron chi connectivity index (χ3n) is 5.77. The number of benzene rings is 2. The zero-order valence-electron chi connectivity index (χ0n) is 15.3. The van der Waals surface area contributed by atoms with Crippen LogP contribution in [0, 0.1) is 3.57 Å². The first-order valence-corrected chi connectivity index (χ1v) is 10.9. The van der Waals surface area contributed by atoms with E-state index in [1.807, 2.05) is 0 Å². The molecule has 26 heavy (non-hydrogen) atoms. The van der Waals surface area contributed by atoms with E-state index in [0.29, 0.717) is 0 Å². The molecule has 0 bridgehead atoms. The Bertz CT molecular complexity index is 829. The Labute approximate surface area is 170 Å². The van der Waals surface area contributed by atoms with Gasteiger partial charge < -0.3 is 9.88 Å². The second-order valence-corrected chi connectivity index (χ2v) is 8.73. The van der Waals surface area contributed by atoms with Crippen LogP contribution in [0.4, 0.5) is 0 Å². The zero-order valence-corrected chi connectivity index (χ0v) is 17.4. The molecule has 4 rings (SSSR count). The fourth-order valence-corrected chi connectivity index (χ4v) is 4.57. The SMILES string of the molecule is Ic1ccc(C2CCN(CCCCc3c[nH]c4ccccc34)CC2)cc1. The van der Waals surface area contributed by atoms with E-state index >= 15 is 0 Å². The molecule has 0 unspecified atom stereocenters. The summed E-state index contributed by atoms with van der Waals surface area (Å²) in [6, 6.07) is 17.8. The minimum absolute atomic E-state index is 0.759. The number of piperidine rings is 1. The van der Waals surface area contributed by atoms with Crippen LogP contribution in [0.1, 0.15) is 42.7 Å². The van der Waals surface area contributed by atoms with Gasteiger partial charge in [-0.2, -0.15) is 0 Å². The Kier molecular flexibility index (Phi) is 5.95. The van der Waals surface area contributed by atoms with Crippen LogP contribution in [0.25, 0.3) is 10.9 Å². The lowest BCUT2D eigenvalue weighted by Gasteiger charge is -2.32. The number of nitrogens with zero attached hydrogens (tertiary/aromatic N) is 1. The molecule has 3 heteroatoms. The Morgan fingerprint density at radius 3 is 2.54 bits per heavy atom. The molecule has 1 aromatic heterocycles. The first-order valence-electron chi connectivity index (χ1n) is 9.82. The fourth-order valence-electron chi connectivity index (χ4n) is 4.21. The van der Waals surface area contributed by atoms with Crippen LogP contribution >= 0.6 is 22.6 Å². The lowest BCUT2D eigenvalue weighted by Crippen LogP contribution is -2.33. The van der Waals surface area contributed by atoms with Gasteiger partial charge in [-0.25, -0.2) is 0 Å². The van der Waals surface area contributed by atoms with Crippen LogP contribution in [0.5, 0.6) is 0 Å². The maximum Gasteiger partial charge on any atom is 0.0456 e. The average molecular weight is 458 g/mol. The summed E-state index contributed by atoms with van der Waals surface area (Å²) in [7, 11) is 0. The number of aryl methyl sites for hydroxylation is 1. The number of fused-ring (bicyclic) bond motifs is 1. The largest absolute Gasteiger partial charge is 0.361 e.